The topological polar surface area (TPSA) is 18.5 Å². The maximum absolute atomic E-state index is 3.58. The Bertz CT molecular complexity index is 177. The molecule has 0 unspecified atom stereocenters. The third kappa shape index (κ3) is 8.06. The van der Waals surface area contributed by atoms with Gasteiger partial charge in [-0.15, -0.1) is 0 Å². The summed E-state index contributed by atoms with van der Waals surface area (Å²) in [6.45, 7) is 10.8. The Balaban J connectivity index is 1.78. The molecule has 3 nitrogen and oxygen atoms in total. The van der Waals surface area contributed by atoms with Crippen LogP contribution in [0.3, 0.4) is 0 Å². The minimum absolute atomic E-state index is 1.17. The molecule has 0 aliphatic carbocycles. The first kappa shape index (κ1) is 15.9. The zero-order valence-corrected chi connectivity index (χ0v) is 12.6. The zero-order chi connectivity index (χ0) is 13.1. The Kier molecular flexibility index (Phi) is 9.54. The fourth-order valence-electron chi connectivity index (χ4n) is 2.46. The van der Waals surface area contributed by atoms with Crippen LogP contribution >= 0.6 is 0 Å². The molecule has 1 aliphatic rings. The van der Waals surface area contributed by atoms with Crippen molar-refractivity contribution in [3.05, 3.63) is 0 Å². The van der Waals surface area contributed by atoms with Gasteiger partial charge in [0, 0.05) is 39.3 Å². The zero-order valence-electron chi connectivity index (χ0n) is 12.6. The fourth-order valence-corrected chi connectivity index (χ4v) is 2.46. The molecule has 1 N–H and O–H groups in total. The van der Waals surface area contributed by atoms with Crippen molar-refractivity contribution in [3.63, 3.8) is 0 Å². The van der Waals surface area contributed by atoms with E-state index in [2.05, 4.69) is 29.1 Å². The van der Waals surface area contributed by atoms with Crippen molar-refractivity contribution in [1.82, 2.24) is 15.1 Å². The van der Waals surface area contributed by atoms with Gasteiger partial charge in [0.05, 0.1) is 0 Å². The number of piperazine rings is 1. The lowest BCUT2D eigenvalue weighted by molar-refractivity contribution is 0.155. The fraction of sp³-hybridized carbons (Fsp3) is 1.00. The summed E-state index contributed by atoms with van der Waals surface area (Å²) in [5.74, 6) is 0. The second kappa shape index (κ2) is 10.8. The van der Waals surface area contributed by atoms with E-state index in [4.69, 9.17) is 0 Å². The standard InChI is InChI=1S/C15H33N3/c1-3-4-5-6-7-8-9-16-10-11-18-14-12-17(2)13-15-18/h16H,3-15H2,1-2H3. The highest BCUT2D eigenvalue weighted by Crippen LogP contribution is 2.04. The van der Waals surface area contributed by atoms with E-state index in [1.807, 2.05) is 0 Å². The van der Waals surface area contributed by atoms with E-state index in [0.29, 0.717) is 0 Å². The van der Waals surface area contributed by atoms with E-state index in [-0.39, 0.29) is 0 Å². The first-order valence-electron chi connectivity index (χ1n) is 7.94. The average molecular weight is 255 g/mol. The average Bonchev–Trinajstić information content (AvgIpc) is 2.39. The molecular weight excluding hydrogens is 222 g/mol. The van der Waals surface area contributed by atoms with Crippen molar-refractivity contribution >= 4 is 0 Å². The van der Waals surface area contributed by atoms with Crippen molar-refractivity contribution in [1.29, 1.82) is 0 Å². The molecular formula is C15H33N3. The molecule has 108 valence electrons. The molecule has 0 amide bonds. The smallest absolute Gasteiger partial charge is 0.0110 e. The normalized spacial score (nSPS) is 18.3. The summed E-state index contributed by atoms with van der Waals surface area (Å²) >= 11 is 0. The third-order valence-corrected chi connectivity index (χ3v) is 3.91. The van der Waals surface area contributed by atoms with Crippen molar-refractivity contribution in [3.8, 4) is 0 Å². The maximum atomic E-state index is 3.58. The maximum Gasteiger partial charge on any atom is 0.0110 e. The van der Waals surface area contributed by atoms with Gasteiger partial charge in [-0.2, -0.15) is 0 Å². The molecule has 1 saturated heterocycles. The van der Waals surface area contributed by atoms with Gasteiger partial charge < -0.3 is 10.2 Å². The van der Waals surface area contributed by atoms with Gasteiger partial charge in [-0.05, 0) is 20.0 Å². The van der Waals surface area contributed by atoms with Crippen LogP contribution in [0.2, 0.25) is 0 Å². The molecule has 0 aromatic carbocycles. The summed E-state index contributed by atoms with van der Waals surface area (Å²) in [7, 11) is 2.22. The van der Waals surface area contributed by atoms with Crippen molar-refractivity contribution in [2.24, 2.45) is 0 Å². The van der Waals surface area contributed by atoms with Crippen molar-refractivity contribution in [2.45, 2.75) is 45.4 Å². The predicted octanol–water partition coefficient (Wildman–Crippen LogP) is 2.18. The molecule has 1 fully saturated rings. The summed E-state index contributed by atoms with van der Waals surface area (Å²) in [5, 5.41) is 3.58. The molecule has 0 bridgehead atoms. The number of nitrogens with zero attached hydrogens (tertiary/aromatic N) is 2. The Hall–Kier alpha value is -0.120. The van der Waals surface area contributed by atoms with Crippen LogP contribution in [0.25, 0.3) is 0 Å². The summed E-state index contributed by atoms with van der Waals surface area (Å²) in [5.41, 5.74) is 0. The molecule has 1 heterocycles. The number of nitrogens with one attached hydrogen (secondary N) is 1. The second-order valence-electron chi connectivity index (χ2n) is 5.66. The summed E-state index contributed by atoms with van der Waals surface area (Å²) < 4.78 is 0. The van der Waals surface area contributed by atoms with Gasteiger partial charge in [0.25, 0.3) is 0 Å². The lowest BCUT2D eigenvalue weighted by Gasteiger charge is -2.32. The molecule has 1 rings (SSSR count). The first-order valence-corrected chi connectivity index (χ1v) is 7.94. The number of hydrogen-bond donors (Lipinski definition) is 1. The highest BCUT2D eigenvalue weighted by molar-refractivity contribution is 4.69. The largest absolute Gasteiger partial charge is 0.315 e. The monoisotopic (exact) mass is 255 g/mol. The Morgan fingerprint density at radius 3 is 2.22 bits per heavy atom. The minimum atomic E-state index is 1.17. The predicted molar refractivity (Wildman–Crippen MR) is 80.2 cm³/mol. The molecule has 3 heteroatoms. The van der Waals surface area contributed by atoms with E-state index >= 15 is 0 Å². The van der Waals surface area contributed by atoms with E-state index < -0.39 is 0 Å². The van der Waals surface area contributed by atoms with E-state index in [1.165, 1.54) is 84.3 Å². The van der Waals surface area contributed by atoms with Gasteiger partial charge in [0.2, 0.25) is 0 Å². The van der Waals surface area contributed by atoms with Crippen molar-refractivity contribution < 1.29 is 0 Å². The molecule has 0 aromatic heterocycles. The lowest BCUT2D eigenvalue weighted by atomic mass is 10.1. The SMILES string of the molecule is CCCCCCCCNCCN1CCN(C)CC1. The lowest BCUT2D eigenvalue weighted by Crippen LogP contribution is -2.46. The summed E-state index contributed by atoms with van der Waals surface area (Å²) in [6, 6.07) is 0. The molecule has 0 aromatic rings. The van der Waals surface area contributed by atoms with E-state index in [0.717, 1.165) is 0 Å². The van der Waals surface area contributed by atoms with Crippen LogP contribution in [0.4, 0.5) is 0 Å². The number of hydrogen-bond acceptors (Lipinski definition) is 3. The number of unbranched alkanes of at least 4 members (excludes halogenated alkanes) is 5. The van der Waals surface area contributed by atoms with Gasteiger partial charge in [-0.3, -0.25) is 4.90 Å². The quantitative estimate of drug-likeness (QED) is 0.604. The van der Waals surface area contributed by atoms with Gasteiger partial charge in [0.15, 0.2) is 0 Å². The van der Waals surface area contributed by atoms with Crippen LogP contribution in [0.1, 0.15) is 45.4 Å². The summed E-state index contributed by atoms with van der Waals surface area (Å²) in [6.07, 6.45) is 8.37. The van der Waals surface area contributed by atoms with Crippen molar-refractivity contribution in [2.75, 3.05) is 52.9 Å². The first-order chi connectivity index (χ1) is 8.83. The molecule has 0 radical (unpaired) electrons. The van der Waals surface area contributed by atoms with Gasteiger partial charge in [-0.25, -0.2) is 0 Å². The minimum Gasteiger partial charge on any atom is -0.315 e. The molecule has 1 aliphatic heterocycles. The summed E-state index contributed by atoms with van der Waals surface area (Å²) in [4.78, 5) is 4.99. The van der Waals surface area contributed by atoms with Crippen LogP contribution in [0.5, 0.6) is 0 Å². The number of rotatable bonds is 10. The highest BCUT2D eigenvalue weighted by atomic mass is 15.2. The Morgan fingerprint density at radius 2 is 1.50 bits per heavy atom. The van der Waals surface area contributed by atoms with E-state index in [9.17, 15) is 0 Å². The van der Waals surface area contributed by atoms with E-state index in [1.54, 1.807) is 0 Å². The Morgan fingerprint density at radius 1 is 0.833 bits per heavy atom. The van der Waals surface area contributed by atoms with Gasteiger partial charge in [0.1, 0.15) is 0 Å². The van der Waals surface area contributed by atoms with Gasteiger partial charge >= 0.3 is 0 Å². The van der Waals surface area contributed by atoms with Gasteiger partial charge in [-0.1, -0.05) is 39.0 Å². The highest BCUT2D eigenvalue weighted by Gasteiger charge is 2.12. The van der Waals surface area contributed by atoms with Crippen LogP contribution in [-0.4, -0.2) is 62.7 Å². The molecule has 18 heavy (non-hydrogen) atoms. The molecule has 0 saturated carbocycles. The second-order valence-corrected chi connectivity index (χ2v) is 5.66. The van der Waals surface area contributed by atoms with Crippen LogP contribution in [0, 0.1) is 0 Å². The van der Waals surface area contributed by atoms with Crippen LogP contribution in [0.15, 0.2) is 0 Å². The number of likely N-dealkylation sites (N-methyl/N-ethyl adjacent to an activating group) is 1. The molecule has 0 atom stereocenters. The van der Waals surface area contributed by atoms with Crippen LogP contribution in [-0.2, 0) is 0 Å². The van der Waals surface area contributed by atoms with Crippen LogP contribution < -0.4 is 5.32 Å². The third-order valence-electron chi connectivity index (χ3n) is 3.91. The Labute approximate surface area is 114 Å². The molecule has 0 spiro atoms.